The lowest BCUT2D eigenvalue weighted by Crippen LogP contribution is -2.37. The Morgan fingerprint density at radius 2 is 1.74 bits per heavy atom. The van der Waals surface area contributed by atoms with E-state index in [-0.39, 0.29) is 47.1 Å². The third kappa shape index (κ3) is 4.22. The van der Waals surface area contributed by atoms with Crippen molar-refractivity contribution < 1.29 is 27.8 Å². The third-order valence-corrected chi connectivity index (χ3v) is 5.13. The molecule has 0 aliphatic heterocycles. The third-order valence-electron chi connectivity index (χ3n) is 5.13. The van der Waals surface area contributed by atoms with Gasteiger partial charge in [0.25, 0.3) is 5.56 Å². The average molecular weight is 474 g/mol. The van der Waals surface area contributed by atoms with Crippen molar-refractivity contribution in [1.29, 1.82) is 0 Å². The van der Waals surface area contributed by atoms with E-state index in [1.54, 1.807) is 0 Å². The maximum absolute atomic E-state index is 14.7. The van der Waals surface area contributed by atoms with Crippen LogP contribution in [0.4, 0.5) is 23.5 Å². The molecule has 0 bridgehead atoms. The second kappa shape index (κ2) is 9.20. The number of benzene rings is 2. The lowest BCUT2D eigenvalue weighted by atomic mass is 10.1. The molecule has 2 aromatic carbocycles. The molecule has 2 N–H and O–H groups in total. The first-order valence-electron chi connectivity index (χ1n) is 10.1. The van der Waals surface area contributed by atoms with Crippen LogP contribution < -0.4 is 10.5 Å². The molecule has 1 atom stereocenters. The summed E-state index contributed by atoms with van der Waals surface area (Å²) in [5.74, 6) is -4.29. The highest BCUT2D eigenvalue weighted by atomic mass is 19.2. The summed E-state index contributed by atoms with van der Waals surface area (Å²) in [6.07, 6.45) is -1.19. The van der Waals surface area contributed by atoms with Crippen LogP contribution in [0.15, 0.2) is 53.3 Å². The molecule has 7 nitrogen and oxygen atoms in total. The van der Waals surface area contributed by atoms with E-state index in [9.17, 15) is 32.6 Å². The summed E-state index contributed by atoms with van der Waals surface area (Å²) in [5, 5.41) is 19.8. The quantitative estimate of drug-likeness (QED) is 0.330. The lowest BCUT2D eigenvalue weighted by Gasteiger charge is -2.26. The minimum absolute atomic E-state index is 0.0544. The van der Waals surface area contributed by atoms with Crippen LogP contribution in [0, 0.1) is 23.3 Å². The van der Waals surface area contributed by atoms with Gasteiger partial charge in [0.2, 0.25) is 5.95 Å². The van der Waals surface area contributed by atoms with Crippen molar-refractivity contribution >= 4 is 17.0 Å². The molecule has 0 aliphatic rings. The molecule has 176 valence electrons. The van der Waals surface area contributed by atoms with Crippen molar-refractivity contribution in [3.05, 3.63) is 82.2 Å². The molecule has 1 unspecified atom stereocenters. The molecule has 0 saturated carbocycles. The summed E-state index contributed by atoms with van der Waals surface area (Å²) in [7, 11) is 0. The van der Waals surface area contributed by atoms with E-state index in [1.165, 1.54) is 24.0 Å². The van der Waals surface area contributed by atoms with Gasteiger partial charge >= 0.3 is 0 Å². The summed E-state index contributed by atoms with van der Waals surface area (Å²) in [6.45, 7) is 0.890. The van der Waals surface area contributed by atoms with E-state index < -0.39 is 35.1 Å². The van der Waals surface area contributed by atoms with Gasteiger partial charge in [-0.3, -0.25) is 9.36 Å². The van der Waals surface area contributed by atoms with Gasteiger partial charge in [-0.1, -0.05) is 0 Å². The fraction of sp³-hybridized carbons (Fsp3) is 0.174. The molecule has 0 amide bonds. The van der Waals surface area contributed by atoms with Crippen molar-refractivity contribution in [2.45, 2.75) is 13.2 Å². The second-order valence-corrected chi connectivity index (χ2v) is 7.39. The second-order valence-electron chi connectivity index (χ2n) is 7.39. The molecular weight excluding hydrogens is 456 g/mol. The molecule has 0 radical (unpaired) electrons. The first-order valence-corrected chi connectivity index (χ1v) is 10.1. The summed E-state index contributed by atoms with van der Waals surface area (Å²) in [4.78, 5) is 22.7. The van der Waals surface area contributed by atoms with Crippen LogP contribution in [0.1, 0.15) is 6.92 Å². The van der Waals surface area contributed by atoms with E-state index >= 15 is 0 Å². The minimum Gasteiger partial charge on any atom is -0.395 e. The zero-order valence-electron chi connectivity index (χ0n) is 17.7. The zero-order chi connectivity index (χ0) is 24.6. The number of fused-ring (bicyclic) bond motifs is 1. The number of halogens is 4. The van der Waals surface area contributed by atoms with Gasteiger partial charge in [-0.25, -0.2) is 22.5 Å². The fourth-order valence-electron chi connectivity index (χ4n) is 3.55. The van der Waals surface area contributed by atoms with Gasteiger partial charge in [-0.2, -0.15) is 4.98 Å². The van der Waals surface area contributed by atoms with Crippen molar-refractivity contribution in [3.63, 3.8) is 0 Å². The van der Waals surface area contributed by atoms with Crippen molar-refractivity contribution in [2.24, 2.45) is 0 Å². The fourth-order valence-corrected chi connectivity index (χ4v) is 3.55. The predicted octanol–water partition coefficient (Wildman–Crippen LogP) is 3.14. The molecule has 4 rings (SSSR count). The number of aliphatic hydroxyl groups excluding tert-OH is 2. The van der Waals surface area contributed by atoms with Crippen LogP contribution >= 0.6 is 0 Å². The van der Waals surface area contributed by atoms with E-state index in [4.69, 9.17) is 0 Å². The van der Waals surface area contributed by atoms with Gasteiger partial charge in [0.15, 0.2) is 17.3 Å². The Morgan fingerprint density at radius 3 is 2.38 bits per heavy atom. The van der Waals surface area contributed by atoms with Crippen LogP contribution in [0.3, 0.4) is 0 Å². The Kier molecular flexibility index (Phi) is 6.31. The highest BCUT2D eigenvalue weighted by molar-refractivity contribution is 5.92. The topological polar surface area (TPSA) is 91.5 Å². The highest BCUT2D eigenvalue weighted by Crippen LogP contribution is 2.30. The average Bonchev–Trinajstić information content (AvgIpc) is 2.79. The maximum atomic E-state index is 14.7. The van der Waals surface area contributed by atoms with Crippen LogP contribution in [0.25, 0.3) is 28.0 Å². The standard InChI is InChI=1S/C23H18F4N4O3/c1-12(33)30(8-9-32)23-28-21(13-2-5-16(25)17(26)10-13)15-4-7-20(34)31(22(15)29-23)19-6-3-14(24)11-18(19)27/h2-7,10-12,32-33H,8-9H2,1H3. The maximum Gasteiger partial charge on any atom is 0.256 e. The molecule has 2 aromatic heterocycles. The molecule has 34 heavy (non-hydrogen) atoms. The number of aliphatic hydroxyl groups is 2. The number of hydrogen-bond donors (Lipinski definition) is 2. The molecule has 0 aliphatic carbocycles. The normalized spacial score (nSPS) is 12.2. The highest BCUT2D eigenvalue weighted by Gasteiger charge is 2.22. The van der Waals surface area contributed by atoms with Gasteiger partial charge < -0.3 is 15.1 Å². The predicted molar refractivity (Wildman–Crippen MR) is 117 cm³/mol. The molecule has 0 spiro atoms. The first kappa shape index (κ1) is 23.3. The molecule has 0 fully saturated rings. The van der Waals surface area contributed by atoms with Gasteiger partial charge in [0.1, 0.15) is 17.9 Å². The Labute approximate surface area is 190 Å². The monoisotopic (exact) mass is 474 g/mol. The van der Waals surface area contributed by atoms with Crippen LogP contribution in [-0.2, 0) is 0 Å². The van der Waals surface area contributed by atoms with Crippen LogP contribution in [-0.4, -0.2) is 44.1 Å². The van der Waals surface area contributed by atoms with Gasteiger partial charge in [-0.05, 0) is 43.3 Å². The summed E-state index contributed by atoms with van der Waals surface area (Å²) >= 11 is 0. The zero-order valence-corrected chi connectivity index (χ0v) is 17.7. The molecular formula is C23H18F4N4O3. The Hall–Kier alpha value is -3.83. The van der Waals surface area contributed by atoms with E-state index in [0.717, 1.165) is 34.9 Å². The van der Waals surface area contributed by atoms with Gasteiger partial charge in [0.05, 0.1) is 18.0 Å². The summed E-state index contributed by atoms with van der Waals surface area (Å²) < 4.78 is 56.6. The number of anilines is 1. The number of aromatic nitrogens is 3. The first-order chi connectivity index (χ1) is 16.2. The number of nitrogens with zero attached hydrogens (tertiary/aromatic N) is 4. The number of pyridine rings is 1. The lowest BCUT2D eigenvalue weighted by molar-refractivity contribution is 0.176. The summed E-state index contributed by atoms with van der Waals surface area (Å²) in [5.41, 5.74) is -0.967. The number of rotatable bonds is 6. The molecule has 2 heterocycles. The van der Waals surface area contributed by atoms with E-state index in [0.29, 0.717) is 6.07 Å². The Bertz CT molecular complexity index is 1440. The van der Waals surface area contributed by atoms with Gasteiger partial charge in [0, 0.05) is 29.6 Å². The SMILES string of the molecule is CC(O)N(CCO)c1nc(-c2ccc(F)c(F)c2)c2ccc(=O)n(-c3ccc(F)cc3F)c2n1. The smallest absolute Gasteiger partial charge is 0.256 e. The van der Waals surface area contributed by atoms with Crippen LogP contribution in [0.2, 0.25) is 0 Å². The Balaban J connectivity index is 2.12. The van der Waals surface area contributed by atoms with Crippen molar-refractivity contribution in [3.8, 4) is 16.9 Å². The van der Waals surface area contributed by atoms with Crippen molar-refractivity contribution in [2.75, 3.05) is 18.1 Å². The summed E-state index contributed by atoms with van der Waals surface area (Å²) in [6, 6.07) is 8.14. The molecule has 4 aromatic rings. The van der Waals surface area contributed by atoms with E-state index in [1.807, 2.05) is 0 Å². The largest absolute Gasteiger partial charge is 0.395 e. The number of hydrogen-bond acceptors (Lipinski definition) is 6. The Morgan fingerprint density at radius 1 is 0.971 bits per heavy atom. The van der Waals surface area contributed by atoms with Crippen LogP contribution in [0.5, 0.6) is 0 Å². The minimum atomic E-state index is -1.19. The molecule has 11 heteroatoms. The molecule has 0 saturated heterocycles. The van der Waals surface area contributed by atoms with Gasteiger partial charge in [-0.15, -0.1) is 0 Å². The van der Waals surface area contributed by atoms with Crippen molar-refractivity contribution in [1.82, 2.24) is 14.5 Å². The van der Waals surface area contributed by atoms with E-state index in [2.05, 4.69) is 9.97 Å².